The first-order valence-electron chi connectivity index (χ1n) is 15.3. The molecule has 1 fully saturated rings. The van der Waals surface area contributed by atoms with Crippen molar-refractivity contribution >= 4 is 28.7 Å². The third kappa shape index (κ3) is 7.19. The summed E-state index contributed by atoms with van der Waals surface area (Å²) in [7, 11) is 0. The Labute approximate surface area is 279 Å². The minimum Gasteiger partial charge on any atom is -0.508 e. The van der Waals surface area contributed by atoms with Gasteiger partial charge in [0.2, 0.25) is 5.16 Å². The van der Waals surface area contributed by atoms with E-state index in [0.717, 1.165) is 33.5 Å². The minimum absolute atomic E-state index is 0.0327. The molecular weight excluding hydrogens is 630 g/mol. The van der Waals surface area contributed by atoms with Crippen molar-refractivity contribution in [2.24, 2.45) is 0 Å². The predicted octanol–water partition coefficient (Wildman–Crippen LogP) is 5.07. The molecule has 0 bridgehead atoms. The van der Waals surface area contributed by atoms with Gasteiger partial charge in [0.15, 0.2) is 6.29 Å². The van der Waals surface area contributed by atoms with E-state index in [2.05, 4.69) is 30.8 Å². The lowest BCUT2D eigenvalue weighted by molar-refractivity contribution is -0.245. The Balaban J connectivity index is 1.04. The zero-order chi connectivity index (χ0) is 32.9. The molecule has 3 heterocycles. The molecule has 48 heavy (non-hydrogen) atoms. The van der Waals surface area contributed by atoms with Crippen molar-refractivity contribution in [3.8, 4) is 11.4 Å². The smallest absolute Gasteiger partial charge is 0.271 e. The number of ether oxygens (including phenoxy) is 2. The number of nitrogens with one attached hydrogen (secondary N) is 1. The second kappa shape index (κ2) is 14.3. The average molecular weight is 662 g/mol. The number of aliphatic hydroxyl groups is 1. The summed E-state index contributed by atoms with van der Waals surface area (Å²) in [6, 6.07) is 29.6. The highest BCUT2D eigenvalue weighted by Gasteiger charge is 2.32. The Morgan fingerprint density at radius 1 is 0.896 bits per heavy atom. The van der Waals surface area contributed by atoms with Crippen molar-refractivity contribution in [1.82, 2.24) is 35.5 Å². The van der Waals surface area contributed by atoms with Gasteiger partial charge in [-0.3, -0.25) is 9.78 Å². The molecule has 1 aliphatic rings. The van der Waals surface area contributed by atoms with Crippen molar-refractivity contribution in [2.75, 3.05) is 5.75 Å². The van der Waals surface area contributed by atoms with Crippen LogP contribution >= 0.6 is 11.8 Å². The van der Waals surface area contributed by atoms with Gasteiger partial charge in [0.05, 0.1) is 41.7 Å². The predicted molar refractivity (Wildman–Crippen MR) is 177 cm³/mol. The molecule has 0 aliphatic carbocycles. The largest absolute Gasteiger partial charge is 0.508 e. The Morgan fingerprint density at radius 3 is 2.40 bits per heavy atom. The number of nitrogens with zero attached hydrogens (tertiary/aromatic N) is 6. The molecule has 12 nitrogen and oxygen atoms in total. The molecule has 0 radical (unpaired) electrons. The number of hydrogen-bond acceptors (Lipinski definition) is 11. The second-order valence-corrected chi connectivity index (χ2v) is 12.2. The number of hydrogen-bond donors (Lipinski definition) is 3. The van der Waals surface area contributed by atoms with E-state index < -0.39 is 6.29 Å². The highest BCUT2D eigenvalue weighted by atomic mass is 32.2. The number of carbonyl (C=O) groups excluding carboxylic acids is 1. The normalized spacial score (nSPS) is 17.7. The van der Waals surface area contributed by atoms with Gasteiger partial charge in [-0.05, 0) is 63.5 Å². The number of thioether (sulfide) groups is 1. The maximum Gasteiger partial charge on any atom is 0.271 e. The number of tetrazole rings is 1. The van der Waals surface area contributed by atoms with Crippen molar-refractivity contribution < 1.29 is 24.5 Å². The number of fused-ring (bicyclic) bond motifs is 1. The van der Waals surface area contributed by atoms with E-state index >= 15 is 0 Å². The van der Waals surface area contributed by atoms with Gasteiger partial charge in [0.25, 0.3) is 5.91 Å². The zero-order valence-corrected chi connectivity index (χ0v) is 26.4. The first-order valence-corrected chi connectivity index (χ1v) is 16.3. The summed E-state index contributed by atoms with van der Waals surface area (Å²) in [6.45, 7) is 0.282. The highest BCUT2D eigenvalue weighted by molar-refractivity contribution is 7.99. The molecule has 1 saturated heterocycles. The van der Waals surface area contributed by atoms with Crippen molar-refractivity contribution in [1.29, 1.82) is 0 Å². The van der Waals surface area contributed by atoms with Gasteiger partial charge in [-0.2, -0.15) is 4.68 Å². The maximum absolute atomic E-state index is 12.8. The summed E-state index contributed by atoms with van der Waals surface area (Å²) in [5, 5.41) is 34.9. The first-order chi connectivity index (χ1) is 23.5. The number of aliphatic hydroxyl groups excluding tert-OH is 1. The van der Waals surface area contributed by atoms with Gasteiger partial charge in [0, 0.05) is 24.3 Å². The SMILES string of the molecule is O=C(NCc1ccc([C@H]2O[C@@H](CSc3nnnn3-c3ccc(O)cc3)C[C@@H](c3ccc(CO)cc3)O2)cc1)c1cnc2ccccc2n1. The summed E-state index contributed by atoms with van der Waals surface area (Å²) in [6.07, 6.45) is 0.983. The van der Waals surface area contributed by atoms with Gasteiger partial charge >= 0.3 is 0 Å². The van der Waals surface area contributed by atoms with Crippen LogP contribution in [0.5, 0.6) is 5.75 Å². The Morgan fingerprint density at radius 2 is 1.62 bits per heavy atom. The Hall–Kier alpha value is -5.21. The van der Waals surface area contributed by atoms with Gasteiger partial charge in [-0.1, -0.05) is 72.4 Å². The third-order valence-electron chi connectivity index (χ3n) is 7.93. The van der Waals surface area contributed by atoms with Gasteiger partial charge in [-0.25, -0.2) is 4.98 Å². The van der Waals surface area contributed by atoms with Crippen LogP contribution in [0.25, 0.3) is 16.7 Å². The van der Waals surface area contributed by atoms with E-state index in [9.17, 15) is 15.0 Å². The summed E-state index contributed by atoms with van der Waals surface area (Å²) in [4.78, 5) is 21.5. The molecule has 4 aromatic carbocycles. The van der Waals surface area contributed by atoms with Crippen LogP contribution in [0.1, 0.15) is 51.6 Å². The number of rotatable bonds is 10. The van der Waals surface area contributed by atoms with Gasteiger partial charge < -0.3 is 25.0 Å². The summed E-state index contributed by atoms with van der Waals surface area (Å²) in [5.74, 6) is 0.420. The molecule has 0 saturated carbocycles. The third-order valence-corrected chi connectivity index (χ3v) is 8.99. The van der Waals surface area contributed by atoms with Crippen molar-refractivity contribution in [3.63, 3.8) is 0 Å². The topological polar surface area (TPSA) is 157 Å². The van der Waals surface area contributed by atoms with Crippen LogP contribution in [0, 0.1) is 0 Å². The molecule has 3 atom stereocenters. The lowest BCUT2D eigenvalue weighted by atomic mass is 10.0. The number of aromatic hydroxyl groups is 1. The summed E-state index contributed by atoms with van der Waals surface area (Å²) < 4.78 is 14.6. The highest BCUT2D eigenvalue weighted by Crippen LogP contribution is 2.39. The molecule has 6 aromatic rings. The van der Waals surface area contributed by atoms with Crippen molar-refractivity contribution in [2.45, 2.75) is 43.2 Å². The molecule has 3 N–H and O–H groups in total. The molecule has 0 unspecified atom stereocenters. The minimum atomic E-state index is -0.642. The lowest BCUT2D eigenvalue weighted by Gasteiger charge is -2.36. The van der Waals surface area contributed by atoms with E-state index in [-0.39, 0.29) is 36.2 Å². The van der Waals surface area contributed by atoms with E-state index in [1.54, 1.807) is 28.9 Å². The van der Waals surface area contributed by atoms with Crippen molar-refractivity contribution in [3.05, 3.63) is 131 Å². The van der Waals surface area contributed by atoms with Crippen LogP contribution in [0.2, 0.25) is 0 Å². The molecule has 242 valence electrons. The standard InChI is InChI=1S/C35H31N7O5S/c43-20-23-7-9-24(10-8-23)32-17-28(21-48-35-39-40-41-42(35)26-13-15-27(44)16-14-26)46-34(47-32)25-11-5-22(6-12-25)18-37-33(45)31-19-36-29-3-1-2-4-30(29)38-31/h1-16,19,28,32,34,43-44H,17-18,20-21H2,(H,37,45)/t28-,32+,34+/m1/s1. The number of aromatic nitrogens is 6. The Bertz CT molecular complexity index is 2010. The molecule has 7 rings (SSSR count). The lowest BCUT2D eigenvalue weighted by Crippen LogP contribution is -2.31. The fourth-order valence-electron chi connectivity index (χ4n) is 5.35. The van der Waals surface area contributed by atoms with E-state index in [1.807, 2.05) is 72.8 Å². The second-order valence-electron chi connectivity index (χ2n) is 11.2. The van der Waals surface area contributed by atoms with Gasteiger partial charge in [-0.15, -0.1) is 5.10 Å². The maximum atomic E-state index is 12.8. The molecular formula is C35H31N7O5S. The number of benzene rings is 4. The summed E-state index contributed by atoms with van der Waals surface area (Å²) in [5.41, 5.74) is 5.94. The van der Waals surface area contributed by atoms with E-state index in [4.69, 9.17) is 9.47 Å². The van der Waals surface area contributed by atoms with Crippen LogP contribution in [0.3, 0.4) is 0 Å². The molecule has 1 amide bonds. The van der Waals surface area contributed by atoms with E-state index in [1.165, 1.54) is 18.0 Å². The zero-order valence-electron chi connectivity index (χ0n) is 25.6. The molecule has 13 heteroatoms. The summed E-state index contributed by atoms with van der Waals surface area (Å²) >= 11 is 1.47. The number of phenols is 1. The van der Waals surface area contributed by atoms with Crippen LogP contribution < -0.4 is 5.32 Å². The van der Waals surface area contributed by atoms with Crippen LogP contribution in [-0.2, 0) is 22.6 Å². The molecule has 1 aliphatic heterocycles. The number of phenolic OH excluding ortho intramolecular Hbond substituents is 1. The fraction of sp³-hybridized carbons (Fsp3) is 0.200. The van der Waals surface area contributed by atoms with E-state index in [0.29, 0.717) is 29.4 Å². The molecule has 2 aromatic heterocycles. The van der Waals surface area contributed by atoms with Gasteiger partial charge in [0.1, 0.15) is 11.4 Å². The quantitative estimate of drug-likeness (QED) is 0.168. The Kier molecular flexibility index (Phi) is 9.34. The van der Waals surface area contributed by atoms with Crippen LogP contribution in [0.4, 0.5) is 0 Å². The average Bonchev–Trinajstić information content (AvgIpc) is 3.62. The monoisotopic (exact) mass is 661 g/mol. The number of amides is 1. The molecule has 0 spiro atoms. The number of carbonyl (C=O) groups is 1. The number of para-hydroxylation sites is 2. The van der Waals surface area contributed by atoms with Crippen LogP contribution in [-0.4, -0.2) is 58.2 Å². The first kappa shape index (κ1) is 31.4. The van der Waals surface area contributed by atoms with Crippen LogP contribution in [0.15, 0.2) is 108 Å². The fourth-order valence-corrected chi connectivity index (χ4v) is 6.26.